The number of carbonyl (C=O) groups is 1. The van der Waals surface area contributed by atoms with E-state index in [1.807, 2.05) is 0 Å². The van der Waals surface area contributed by atoms with E-state index in [1.165, 1.54) is 11.4 Å². The first kappa shape index (κ1) is 20.4. The Balaban J connectivity index is 4.26. The molecule has 0 unspecified atom stereocenters. The Morgan fingerprint density at radius 2 is 1.60 bits per heavy atom. The first-order valence-corrected chi connectivity index (χ1v) is 11.2. The van der Waals surface area contributed by atoms with E-state index in [0.29, 0.717) is 30.8 Å². The molecule has 0 aliphatic heterocycles. The molecule has 0 fully saturated rings. The Hall–Kier alpha value is 0.390. The molecule has 0 saturated carbocycles. The van der Waals surface area contributed by atoms with Crippen molar-refractivity contribution in [1.29, 1.82) is 0 Å². The Labute approximate surface area is 131 Å². The van der Waals surface area contributed by atoms with E-state index < -0.39 is 11.7 Å². The molecular weight excluding hydrogens is 315 g/mol. The molecule has 0 heterocycles. The van der Waals surface area contributed by atoms with Crippen LogP contribution in [0.5, 0.6) is 0 Å². The Kier molecular flexibility index (Phi) is 11.2. The lowest BCUT2D eigenvalue weighted by Gasteiger charge is -2.22. The summed E-state index contributed by atoms with van der Waals surface area (Å²) < 4.78 is 11.6. The Morgan fingerprint density at radius 3 is 1.95 bits per heavy atom. The van der Waals surface area contributed by atoms with Gasteiger partial charge in [0, 0.05) is 5.75 Å². The summed E-state index contributed by atoms with van der Waals surface area (Å²) in [4.78, 5) is 10.6. The molecule has 0 radical (unpaired) electrons. The normalized spacial score (nSPS) is 12.3. The highest BCUT2D eigenvalue weighted by atomic mass is 32.9. The average molecular weight is 342 g/mol. The molecule has 0 saturated heterocycles. The van der Waals surface area contributed by atoms with Gasteiger partial charge in [-0.25, -0.2) is 0 Å². The van der Waals surface area contributed by atoms with Crippen molar-refractivity contribution in [3.05, 3.63) is 0 Å². The van der Waals surface area contributed by atoms with E-state index in [9.17, 15) is 4.79 Å². The summed E-state index contributed by atoms with van der Waals surface area (Å²) in [5.74, 6) is 0.732. The molecule has 0 bridgehead atoms. The summed E-state index contributed by atoms with van der Waals surface area (Å²) in [6, 6.07) is 0. The number of hydrogen-bond acceptors (Lipinski definition) is 5. The van der Waals surface area contributed by atoms with Crippen LogP contribution in [0.1, 0.15) is 47.0 Å². The van der Waals surface area contributed by atoms with Crippen LogP contribution in [-0.4, -0.2) is 30.0 Å². The third-order valence-electron chi connectivity index (χ3n) is 2.45. The summed E-state index contributed by atoms with van der Waals surface area (Å²) in [5.41, 5.74) is -2.40. The van der Waals surface area contributed by atoms with E-state index in [4.69, 9.17) is 26.0 Å². The lowest BCUT2D eigenvalue weighted by Crippen LogP contribution is -2.03. The van der Waals surface area contributed by atoms with Crippen LogP contribution in [0.15, 0.2) is 0 Å². The molecule has 0 aliphatic carbocycles. The minimum Gasteiger partial charge on any atom is -0.481 e. The first-order valence-electron chi connectivity index (χ1n) is 7.00. The first-order chi connectivity index (χ1) is 9.25. The van der Waals surface area contributed by atoms with Gasteiger partial charge in [-0.15, -0.1) is 0 Å². The van der Waals surface area contributed by atoms with Gasteiger partial charge in [-0.1, -0.05) is 39.1 Å². The van der Waals surface area contributed by atoms with E-state index in [0.717, 1.165) is 12.8 Å². The van der Waals surface area contributed by atoms with Crippen LogP contribution in [0, 0.1) is 11.8 Å². The molecule has 0 atom stereocenters. The topological polar surface area (TPSA) is 55.8 Å². The van der Waals surface area contributed by atoms with E-state index >= 15 is 0 Å². The van der Waals surface area contributed by atoms with E-state index in [-0.39, 0.29) is 6.42 Å². The number of rotatable bonds is 12. The molecule has 0 aromatic carbocycles. The van der Waals surface area contributed by atoms with Gasteiger partial charge >= 0.3 is 5.97 Å². The summed E-state index contributed by atoms with van der Waals surface area (Å²) in [6.07, 6.45) is 1.96. The van der Waals surface area contributed by atoms with Gasteiger partial charge in [-0.2, -0.15) is 0 Å². The highest BCUT2D eigenvalue weighted by molar-refractivity contribution is 8.67. The van der Waals surface area contributed by atoms with Crippen molar-refractivity contribution in [3.63, 3.8) is 0 Å². The van der Waals surface area contributed by atoms with Gasteiger partial charge in [0.25, 0.3) is 0 Å². The van der Waals surface area contributed by atoms with Crippen LogP contribution in [0.4, 0.5) is 0 Å². The van der Waals surface area contributed by atoms with Crippen LogP contribution in [0.2, 0.25) is 0 Å². The number of hydrogen-bond donors (Lipinski definition) is 1. The van der Waals surface area contributed by atoms with Gasteiger partial charge in [0.2, 0.25) is 5.69 Å². The van der Waals surface area contributed by atoms with Crippen molar-refractivity contribution in [1.82, 2.24) is 0 Å². The minimum absolute atomic E-state index is 0.0874. The maximum absolute atomic E-state index is 10.6. The van der Waals surface area contributed by atoms with Gasteiger partial charge < -0.3 is 14.2 Å². The molecule has 120 valence electrons. The summed E-state index contributed by atoms with van der Waals surface area (Å²) in [6.45, 7) is 9.68. The standard InChI is InChI=1S/C13H27O4PS2/c1-11(2)5-8-16-18(19,17-9-6-12(3)4)20-10-7-13(14)15/h11-12H,5-10H2,1-4H3,(H,14,15). The highest BCUT2D eigenvalue weighted by Gasteiger charge is 2.20. The number of carboxylic acids is 1. The molecule has 7 heteroatoms. The summed E-state index contributed by atoms with van der Waals surface area (Å²) in [7, 11) is 0. The van der Waals surface area contributed by atoms with Crippen LogP contribution in [0.3, 0.4) is 0 Å². The Bertz CT molecular complexity index is 303. The van der Waals surface area contributed by atoms with Gasteiger partial charge in [0.05, 0.1) is 19.6 Å². The fourth-order valence-corrected chi connectivity index (χ4v) is 5.49. The lowest BCUT2D eigenvalue weighted by molar-refractivity contribution is -0.136. The maximum atomic E-state index is 10.6. The van der Waals surface area contributed by atoms with Gasteiger partial charge in [-0.3, -0.25) is 4.79 Å². The fourth-order valence-electron chi connectivity index (χ4n) is 1.16. The molecule has 0 rings (SSSR count). The van der Waals surface area contributed by atoms with Gasteiger partial charge in [-0.05, 0) is 36.5 Å². The molecule has 0 amide bonds. The molecular formula is C13H27O4PS2. The molecule has 0 aromatic heterocycles. The van der Waals surface area contributed by atoms with E-state index in [1.54, 1.807) is 0 Å². The fraction of sp³-hybridized carbons (Fsp3) is 0.923. The zero-order valence-corrected chi connectivity index (χ0v) is 15.4. The third kappa shape index (κ3) is 12.2. The van der Waals surface area contributed by atoms with Crippen LogP contribution < -0.4 is 0 Å². The number of carboxylic acid groups (broad SMARTS) is 1. The van der Waals surface area contributed by atoms with Crippen molar-refractivity contribution in [2.75, 3.05) is 19.0 Å². The SMILES string of the molecule is CC(C)CCOP(=S)(OCCC(C)C)SCCC(=O)O. The minimum atomic E-state index is -2.40. The molecule has 0 aromatic rings. The predicted molar refractivity (Wildman–Crippen MR) is 89.8 cm³/mol. The highest BCUT2D eigenvalue weighted by Crippen LogP contribution is 2.61. The largest absolute Gasteiger partial charge is 0.481 e. The molecule has 0 aliphatic rings. The lowest BCUT2D eigenvalue weighted by atomic mass is 10.2. The Morgan fingerprint density at radius 1 is 1.15 bits per heavy atom. The van der Waals surface area contributed by atoms with Crippen molar-refractivity contribution in [2.45, 2.75) is 47.0 Å². The van der Waals surface area contributed by atoms with Crippen molar-refractivity contribution < 1.29 is 18.9 Å². The molecule has 1 N–H and O–H groups in total. The second-order valence-corrected chi connectivity index (χ2v) is 11.9. The van der Waals surface area contributed by atoms with Crippen molar-refractivity contribution >= 4 is 34.9 Å². The van der Waals surface area contributed by atoms with Crippen LogP contribution in [0.25, 0.3) is 0 Å². The molecule has 20 heavy (non-hydrogen) atoms. The summed E-state index contributed by atoms with van der Waals surface area (Å²) in [5, 5.41) is 8.69. The second kappa shape index (κ2) is 11.0. The quantitative estimate of drug-likeness (QED) is 0.525. The monoisotopic (exact) mass is 342 g/mol. The average Bonchev–Trinajstić information content (AvgIpc) is 2.27. The zero-order valence-electron chi connectivity index (χ0n) is 12.8. The van der Waals surface area contributed by atoms with Gasteiger partial charge in [0.1, 0.15) is 0 Å². The van der Waals surface area contributed by atoms with Crippen molar-refractivity contribution in [3.8, 4) is 0 Å². The third-order valence-corrected chi connectivity index (χ3v) is 7.87. The summed E-state index contributed by atoms with van der Waals surface area (Å²) >= 11 is 6.85. The predicted octanol–water partition coefficient (Wildman–Crippen LogP) is 4.54. The molecule has 4 nitrogen and oxygen atoms in total. The maximum Gasteiger partial charge on any atom is 0.304 e. The smallest absolute Gasteiger partial charge is 0.304 e. The van der Waals surface area contributed by atoms with E-state index in [2.05, 4.69) is 27.7 Å². The van der Waals surface area contributed by atoms with Gasteiger partial charge in [0.15, 0.2) is 0 Å². The second-order valence-electron chi connectivity index (χ2n) is 5.46. The number of aliphatic carboxylic acids is 1. The molecule has 0 spiro atoms. The zero-order chi connectivity index (χ0) is 15.6. The van der Waals surface area contributed by atoms with Crippen LogP contribution >= 0.6 is 17.1 Å². The van der Waals surface area contributed by atoms with Crippen molar-refractivity contribution in [2.24, 2.45) is 11.8 Å². The van der Waals surface area contributed by atoms with Crippen LogP contribution in [-0.2, 0) is 25.6 Å².